The number of likely N-dealkylation sites (tertiary alicyclic amines) is 1. The fraction of sp³-hybridized carbons (Fsp3) is 1.00. The lowest BCUT2D eigenvalue weighted by atomic mass is 10.1. The third-order valence-corrected chi connectivity index (χ3v) is 3.07. The van der Waals surface area contributed by atoms with E-state index < -0.39 is 0 Å². The van der Waals surface area contributed by atoms with Crippen LogP contribution in [0, 0.1) is 0 Å². The van der Waals surface area contributed by atoms with Crippen LogP contribution in [0.2, 0.25) is 0 Å². The Morgan fingerprint density at radius 3 is 2.67 bits per heavy atom. The maximum Gasteiger partial charge on any atom is 0.00917 e. The second-order valence-corrected chi connectivity index (χ2v) is 4.51. The summed E-state index contributed by atoms with van der Waals surface area (Å²) in [5, 5.41) is 3.60. The van der Waals surface area contributed by atoms with Crippen LogP contribution in [0.5, 0.6) is 0 Å². The van der Waals surface area contributed by atoms with Gasteiger partial charge in [-0.15, -0.1) is 0 Å². The molecule has 0 radical (unpaired) electrons. The Hall–Kier alpha value is 0.270. The molecular weight excluding hydrogens is 168 g/mol. The highest BCUT2D eigenvalue weighted by molar-refractivity contribution is 7.98. The van der Waals surface area contributed by atoms with E-state index in [0.29, 0.717) is 0 Å². The first-order chi connectivity index (χ1) is 5.83. The number of hydrogen-bond acceptors (Lipinski definition) is 3. The summed E-state index contributed by atoms with van der Waals surface area (Å²) in [5.41, 5.74) is 0. The molecule has 1 aliphatic rings. The van der Waals surface area contributed by atoms with Crippen molar-refractivity contribution in [1.29, 1.82) is 0 Å². The fourth-order valence-electron chi connectivity index (χ4n) is 1.58. The fourth-order valence-corrected chi connectivity index (χ4v) is 1.90. The zero-order valence-electron chi connectivity index (χ0n) is 8.18. The van der Waals surface area contributed by atoms with Crippen molar-refractivity contribution in [2.75, 3.05) is 38.7 Å². The van der Waals surface area contributed by atoms with E-state index in [4.69, 9.17) is 0 Å². The van der Waals surface area contributed by atoms with Crippen molar-refractivity contribution in [3.05, 3.63) is 0 Å². The summed E-state index contributed by atoms with van der Waals surface area (Å²) in [5.74, 6) is 1.24. The number of thioether (sulfide) groups is 1. The molecule has 1 rings (SSSR count). The van der Waals surface area contributed by atoms with Crippen molar-refractivity contribution in [2.45, 2.75) is 18.9 Å². The maximum atomic E-state index is 3.60. The molecule has 0 spiro atoms. The first kappa shape index (κ1) is 10.4. The summed E-state index contributed by atoms with van der Waals surface area (Å²) in [7, 11) is 2.21. The van der Waals surface area contributed by atoms with Gasteiger partial charge in [-0.1, -0.05) is 0 Å². The number of piperidine rings is 1. The minimum atomic E-state index is 0.786. The van der Waals surface area contributed by atoms with Gasteiger partial charge in [0, 0.05) is 18.3 Å². The third kappa shape index (κ3) is 3.78. The highest BCUT2D eigenvalue weighted by Gasteiger charge is 2.14. The lowest BCUT2D eigenvalue weighted by Gasteiger charge is -2.29. The van der Waals surface area contributed by atoms with Crippen molar-refractivity contribution < 1.29 is 0 Å². The minimum absolute atomic E-state index is 0.786. The summed E-state index contributed by atoms with van der Waals surface area (Å²) in [6.45, 7) is 3.70. The average Bonchev–Trinajstić information content (AvgIpc) is 2.09. The van der Waals surface area contributed by atoms with Gasteiger partial charge in [0.2, 0.25) is 0 Å². The Balaban J connectivity index is 2.01. The monoisotopic (exact) mass is 188 g/mol. The van der Waals surface area contributed by atoms with Crippen LogP contribution < -0.4 is 5.32 Å². The molecule has 1 fully saturated rings. The highest BCUT2D eigenvalue weighted by atomic mass is 32.2. The van der Waals surface area contributed by atoms with Crippen LogP contribution in [0.3, 0.4) is 0 Å². The molecule has 0 atom stereocenters. The van der Waals surface area contributed by atoms with E-state index in [1.807, 2.05) is 11.8 Å². The number of hydrogen-bond donors (Lipinski definition) is 1. The molecule has 0 saturated carbocycles. The summed E-state index contributed by atoms with van der Waals surface area (Å²) < 4.78 is 0. The van der Waals surface area contributed by atoms with Gasteiger partial charge in [0.25, 0.3) is 0 Å². The van der Waals surface area contributed by atoms with Crippen LogP contribution in [0.4, 0.5) is 0 Å². The summed E-state index contributed by atoms with van der Waals surface area (Å²) in [6, 6.07) is 0.786. The summed E-state index contributed by atoms with van der Waals surface area (Å²) in [4.78, 5) is 2.41. The Morgan fingerprint density at radius 1 is 1.42 bits per heavy atom. The van der Waals surface area contributed by atoms with Gasteiger partial charge in [-0.3, -0.25) is 0 Å². The predicted molar refractivity (Wildman–Crippen MR) is 56.9 cm³/mol. The highest BCUT2D eigenvalue weighted by Crippen LogP contribution is 2.07. The van der Waals surface area contributed by atoms with Gasteiger partial charge in [0.1, 0.15) is 0 Å². The SMILES string of the molecule is CSCCNC1CCN(C)CC1. The zero-order valence-corrected chi connectivity index (χ0v) is 8.99. The van der Waals surface area contributed by atoms with Crippen molar-refractivity contribution >= 4 is 11.8 Å². The molecule has 0 unspecified atom stereocenters. The molecule has 0 aromatic heterocycles. The largest absolute Gasteiger partial charge is 0.313 e. The van der Waals surface area contributed by atoms with Crippen LogP contribution in [-0.4, -0.2) is 49.6 Å². The number of nitrogens with one attached hydrogen (secondary N) is 1. The van der Waals surface area contributed by atoms with E-state index in [-0.39, 0.29) is 0 Å². The Kier molecular flexibility index (Phi) is 5.04. The van der Waals surface area contributed by atoms with Crippen molar-refractivity contribution in [3.63, 3.8) is 0 Å². The van der Waals surface area contributed by atoms with E-state index in [0.717, 1.165) is 6.04 Å². The van der Waals surface area contributed by atoms with E-state index in [1.165, 1.54) is 38.2 Å². The van der Waals surface area contributed by atoms with Crippen LogP contribution in [0.25, 0.3) is 0 Å². The molecule has 2 nitrogen and oxygen atoms in total. The average molecular weight is 188 g/mol. The standard InChI is InChI=1S/C9H20N2S/c1-11-6-3-9(4-7-11)10-5-8-12-2/h9-10H,3-8H2,1-2H3. The van der Waals surface area contributed by atoms with E-state index >= 15 is 0 Å². The van der Waals surface area contributed by atoms with Crippen molar-refractivity contribution in [3.8, 4) is 0 Å². The van der Waals surface area contributed by atoms with Gasteiger partial charge < -0.3 is 10.2 Å². The van der Waals surface area contributed by atoms with Crippen molar-refractivity contribution in [1.82, 2.24) is 10.2 Å². The molecule has 72 valence electrons. The molecule has 0 amide bonds. The van der Waals surface area contributed by atoms with Gasteiger partial charge in [0.05, 0.1) is 0 Å². The lowest BCUT2D eigenvalue weighted by Crippen LogP contribution is -2.41. The molecule has 0 bridgehead atoms. The molecular formula is C9H20N2S. The molecule has 0 aromatic carbocycles. The first-order valence-electron chi connectivity index (χ1n) is 4.74. The van der Waals surface area contributed by atoms with E-state index in [9.17, 15) is 0 Å². The van der Waals surface area contributed by atoms with Gasteiger partial charge in [-0.05, 0) is 39.2 Å². The lowest BCUT2D eigenvalue weighted by molar-refractivity contribution is 0.237. The van der Waals surface area contributed by atoms with Gasteiger partial charge in [-0.2, -0.15) is 11.8 Å². The molecule has 1 aliphatic heterocycles. The second kappa shape index (κ2) is 5.84. The second-order valence-electron chi connectivity index (χ2n) is 3.52. The molecule has 12 heavy (non-hydrogen) atoms. The van der Waals surface area contributed by atoms with Gasteiger partial charge in [0.15, 0.2) is 0 Å². The predicted octanol–water partition coefficient (Wildman–Crippen LogP) is 1.03. The smallest absolute Gasteiger partial charge is 0.00917 e. The van der Waals surface area contributed by atoms with Crippen LogP contribution in [-0.2, 0) is 0 Å². The quantitative estimate of drug-likeness (QED) is 0.664. The summed E-state index contributed by atoms with van der Waals surface area (Å²) in [6.07, 6.45) is 4.81. The van der Waals surface area contributed by atoms with Crippen LogP contribution >= 0.6 is 11.8 Å². The third-order valence-electron chi connectivity index (χ3n) is 2.46. The van der Waals surface area contributed by atoms with Crippen molar-refractivity contribution in [2.24, 2.45) is 0 Å². The van der Waals surface area contributed by atoms with Gasteiger partial charge in [-0.25, -0.2) is 0 Å². The molecule has 0 aliphatic carbocycles. The molecule has 1 heterocycles. The van der Waals surface area contributed by atoms with Crippen LogP contribution in [0.15, 0.2) is 0 Å². The minimum Gasteiger partial charge on any atom is -0.313 e. The molecule has 1 saturated heterocycles. The Labute approximate surface area is 80.1 Å². The van der Waals surface area contributed by atoms with E-state index in [1.54, 1.807) is 0 Å². The maximum absolute atomic E-state index is 3.60. The number of rotatable bonds is 4. The molecule has 1 N–H and O–H groups in total. The van der Waals surface area contributed by atoms with Gasteiger partial charge >= 0.3 is 0 Å². The Morgan fingerprint density at radius 2 is 2.08 bits per heavy atom. The Bertz CT molecular complexity index is 111. The van der Waals surface area contributed by atoms with E-state index in [2.05, 4.69) is 23.5 Å². The normalized spacial score (nSPS) is 21.5. The first-order valence-corrected chi connectivity index (χ1v) is 6.13. The molecule has 0 aromatic rings. The number of nitrogens with zero attached hydrogens (tertiary/aromatic N) is 1. The molecule has 3 heteroatoms. The summed E-state index contributed by atoms with van der Waals surface area (Å²) >= 11 is 1.92. The zero-order chi connectivity index (χ0) is 8.81. The topological polar surface area (TPSA) is 15.3 Å². The van der Waals surface area contributed by atoms with Crippen LogP contribution in [0.1, 0.15) is 12.8 Å².